The molecule has 2 aromatic carbocycles. The smallest absolute Gasteiger partial charge is 0.249 e. The van der Waals surface area contributed by atoms with Gasteiger partial charge < -0.3 is 21.5 Å². The van der Waals surface area contributed by atoms with Gasteiger partial charge in [-0.05, 0) is 39.6 Å². The lowest BCUT2D eigenvalue weighted by Gasteiger charge is -2.19. The number of aromatic nitrogens is 1. The minimum absolute atomic E-state index is 0.0667. The van der Waals surface area contributed by atoms with Crippen LogP contribution in [0.25, 0.3) is 10.1 Å². The molecule has 2 heterocycles. The van der Waals surface area contributed by atoms with Crippen LogP contribution in [0, 0.1) is 0 Å². The van der Waals surface area contributed by atoms with Crippen LogP contribution in [-0.4, -0.2) is 34.6 Å². The predicted octanol–water partition coefficient (Wildman–Crippen LogP) is 3.00. The summed E-state index contributed by atoms with van der Waals surface area (Å²) in [5.41, 5.74) is 8.15. The van der Waals surface area contributed by atoms with Gasteiger partial charge in [-0.25, -0.2) is 4.98 Å². The van der Waals surface area contributed by atoms with E-state index in [1.165, 1.54) is 0 Å². The van der Waals surface area contributed by atoms with E-state index in [1.54, 1.807) is 29.7 Å². The molecule has 4 rings (SSSR count). The Labute approximate surface area is 201 Å². The molecular weight excluding hydrogens is 448 g/mol. The van der Waals surface area contributed by atoms with Crippen LogP contribution in [0.15, 0.2) is 78.3 Å². The number of rotatable bonds is 9. The van der Waals surface area contributed by atoms with Crippen LogP contribution in [-0.2, 0) is 22.6 Å². The van der Waals surface area contributed by atoms with Gasteiger partial charge in [0.25, 0.3) is 0 Å². The molecule has 34 heavy (non-hydrogen) atoms. The normalized spacial score (nSPS) is 12.7. The zero-order valence-corrected chi connectivity index (χ0v) is 19.3. The molecule has 2 atom stereocenters. The van der Waals surface area contributed by atoms with E-state index in [0.717, 1.165) is 26.8 Å². The van der Waals surface area contributed by atoms with Crippen LogP contribution in [0.2, 0.25) is 0 Å². The fraction of sp³-hybridized carbons (Fsp3) is 0.192. The van der Waals surface area contributed by atoms with Crippen LogP contribution < -0.4 is 16.4 Å². The molecule has 0 saturated heterocycles. The van der Waals surface area contributed by atoms with E-state index < -0.39 is 17.9 Å². The SMILES string of the molecule is Nc1ccc(CNC(=O)[C@@H](CNC(=O)[C@H](O)Cc2ccccc2)c2csc3ccccc23)cn1. The number of amides is 2. The minimum Gasteiger partial charge on any atom is -0.384 e. The standard InChI is InChI=1S/C26H26N4O3S/c27-24-11-10-18(13-28-24)14-29-25(32)20(21-16-34-23-9-5-4-8-19(21)23)15-30-26(33)22(31)12-17-6-2-1-3-7-17/h1-11,13,16,20,22,31H,12,14-15H2,(H2,27,28)(H,29,32)(H,30,33)/t20-,22+/m0/s1. The maximum atomic E-state index is 13.2. The third-order valence-electron chi connectivity index (χ3n) is 5.57. The maximum Gasteiger partial charge on any atom is 0.249 e. The Balaban J connectivity index is 1.47. The van der Waals surface area contributed by atoms with Crippen LogP contribution in [0.3, 0.4) is 0 Å². The number of thiophene rings is 1. The van der Waals surface area contributed by atoms with Crippen molar-refractivity contribution in [3.8, 4) is 0 Å². The van der Waals surface area contributed by atoms with Crippen LogP contribution in [0.1, 0.15) is 22.6 Å². The first-order valence-electron chi connectivity index (χ1n) is 10.9. The molecule has 174 valence electrons. The van der Waals surface area contributed by atoms with Gasteiger partial charge in [-0.1, -0.05) is 54.6 Å². The molecule has 8 heteroatoms. The quantitative estimate of drug-likeness (QED) is 0.298. The summed E-state index contributed by atoms with van der Waals surface area (Å²) >= 11 is 1.55. The molecule has 0 aliphatic rings. The number of benzene rings is 2. The number of carbonyl (C=O) groups excluding carboxylic acids is 2. The third-order valence-corrected chi connectivity index (χ3v) is 6.55. The molecule has 0 unspecified atom stereocenters. The first kappa shape index (κ1) is 23.4. The molecule has 0 saturated carbocycles. The molecule has 0 fully saturated rings. The molecule has 0 aliphatic heterocycles. The summed E-state index contributed by atoms with van der Waals surface area (Å²) in [5, 5.41) is 19.0. The molecule has 0 aliphatic carbocycles. The Kier molecular flexibility index (Phi) is 7.51. The Bertz CT molecular complexity index is 1260. The van der Waals surface area contributed by atoms with Crippen LogP contribution >= 0.6 is 11.3 Å². The summed E-state index contributed by atoms with van der Waals surface area (Å²) in [7, 11) is 0. The lowest BCUT2D eigenvalue weighted by Crippen LogP contribution is -2.41. The van der Waals surface area contributed by atoms with E-state index in [2.05, 4.69) is 15.6 Å². The van der Waals surface area contributed by atoms with Gasteiger partial charge in [0.05, 0.1) is 5.92 Å². The molecule has 0 bridgehead atoms. The number of aliphatic hydroxyl groups excluding tert-OH is 1. The summed E-state index contributed by atoms with van der Waals surface area (Å²) < 4.78 is 1.06. The molecule has 5 N–H and O–H groups in total. The fourth-order valence-electron chi connectivity index (χ4n) is 3.72. The van der Waals surface area contributed by atoms with Crippen molar-refractivity contribution in [3.63, 3.8) is 0 Å². The zero-order chi connectivity index (χ0) is 23.9. The average Bonchev–Trinajstić information content (AvgIpc) is 3.28. The van der Waals surface area contributed by atoms with Crippen molar-refractivity contribution in [1.29, 1.82) is 0 Å². The topological polar surface area (TPSA) is 117 Å². The van der Waals surface area contributed by atoms with Crippen molar-refractivity contribution in [2.24, 2.45) is 0 Å². The minimum atomic E-state index is -1.20. The van der Waals surface area contributed by atoms with E-state index in [0.29, 0.717) is 5.82 Å². The van der Waals surface area contributed by atoms with Gasteiger partial charge >= 0.3 is 0 Å². The first-order valence-corrected chi connectivity index (χ1v) is 11.8. The largest absolute Gasteiger partial charge is 0.384 e. The lowest BCUT2D eigenvalue weighted by molar-refractivity contribution is -0.129. The van der Waals surface area contributed by atoms with E-state index in [1.807, 2.05) is 60.0 Å². The maximum absolute atomic E-state index is 13.2. The van der Waals surface area contributed by atoms with Crippen molar-refractivity contribution in [2.75, 3.05) is 12.3 Å². The highest BCUT2D eigenvalue weighted by Gasteiger charge is 2.25. The van der Waals surface area contributed by atoms with Crippen LogP contribution in [0.4, 0.5) is 5.82 Å². The molecule has 0 spiro atoms. The lowest BCUT2D eigenvalue weighted by atomic mass is 9.97. The summed E-state index contributed by atoms with van der Waals surface area (Å²) in [6.45, 7) is 0.354. The number of hydrogen-bond donors (Lipinski definition) is 4. The molecule has 0 radical (unpaired) electrons. The summed E-state index contributed by atoms with van der Waals surface area (Å²) in [6, 6.07) is 20.6. The number of carbonyl (C=O) groups is 2. The van der Waals surface area contributed by atoms with Crippen molar-refractivity contribution < 1.29 is 14.7 Å². The van der Waals surface area contributed by atoms with Gasteiger partial charge in [0.15, 0.2) is 0 Å². The van der Waals surface area contributed by atoms with Gasteiger partial charge in [0, 0.05) is 30.4 Å². The molecule has 4 aromatic rings. The van der Waals surface area contributed by atoms with E-state index >= 15 is 0 Å². The monoisotopic (exact) mass is 474 g/mol. The van der Waals surface area contributed by atoms with Gasteiger partial charge in [-0.3, -0.25) is 9.59 Å². The Morgan fingerprint density at radius 1 is 0.941 bits per heavy atom. The van der Waals surface area contributed by atoms with E-state index in [4.69, 9.17) is 5.73 Å². The van der Waals surface area contributed by atoms with Crippen molar-refractivity contribution in [3.05, 3.63) is 95.0 Å². The van der Waals surface area contributed by atoms with Crippen LogP contribution in [0.5, 0.6) is 0 Å². The number of fused-ring (bicyclic) bond motifs is 1. The number of hydrogen-bond acceptors (Lipinski definition) is 6. The third kappa shape index (κ3) is 5.78. The highest BCUT2D eigenvalue weighted by atomic mass is 32.1. The van der Waals surface area contributed by atoms with Gasteiger partial charge in [-0.15, -0.1) is 11.3 Å². The summed E-state index contributed by atoms with van der Waals surface area (Å²) in [5.74, 6) is -0.942. The number of nitrogen functional groups attached to an aromatic ring is 1. The number of pyridine rings is 1. The summed E-state index contributed by atoms with van der Waals surface area (Å²) in [6.07, 6.45) is 0.618. The second-order valence-corrected chi connectivity index (χ2v) is 8.91. The average molecular weight is 475 g/mol. The second kappa shape index (κ2) is 10.9. The van der Waals surface area contributed by atoms with E-state index in [9.17, 15) is 14.7 Å². The van der Waals surface area contributed by atoms with Crippen molar-refractivity contribution in [2.45, 2.75) is 25.0 Å². The Hall–Kier alpha value is -3.75. The molecule has 2 amide bonds. The van der Waals surface area contributed by atoms with Crippen molar-refractivity contribution in [1.82, 2.24) is 15.6 Å². The predicted molar refractivity (Wildman–Crippen MR) is 134 cm³/mol. The van der Waals surface area contributed by atoms with Gasteiger partial charge in [0.1, 0.15) is 11.9 Å². The Morgan fingerprint density at radius 2 is 1.71 bits per heavy atom. The number of nitrogens with zero attached hydrogens (tertiary/aromatic N) is 1. The highest BCUT2D eigenvalue weighted by molar-refractivity contribution is 7.17. The molecule has 7 nitrogen and oxygen atoms in total. The number of nitrogens with two attached hydrogens (primary N) is 1. The second-order valence-electron chi connectivity index (χ2n) is 8.00. The summed E-state index contributed by atoms with van der Waals surface area (Å²) in [4.78, 5) is 29.9. The zero-order valence-electron chi connectivity index (χ0n) is 18.5. The number of anilines is 1. The highest BCUT2D eigenvalue weighted by Crippen LogP contribution is 2.31. The van der Waals surface area contributed by atoms with E-state index in [-0.39, 0.29) is 25.4 Å². The van der Waals surface area contributed by atoms with Gasteiger partial charge in [0.2, 0.25) is 11.8 Å². The first-order chi connectivity index (χ1) is 16.5. The van der Waals surface area contributed by atoms with Crippen molar-refractivity contribution >= 4 is 39.1 Å². The molecular formula is C26H26N4O3S. The molecule has 2 aromatic heterocycles. The number of aliphatic hydroxyl groups is 1. The number of nitrogens with one attached hydrogen (secondary N) is 2. The van der Waals surface area contributed by atoms with Gasteiger partial charge in [-0.2, -0.15) is 0 Å². The Morgan fingerprint density at radius 3 is 2.47 bits per heavy atom. The fourth-order valence-corrected chi connectivity index (χ4v) is 4.73.